The van der Waals surface area contributed by atoms with Crippen LogP contribution in [0, 0.1) is 10.1 Å². The summed E-state index contributed by atoms with van der Waals surface area (Å²) in [6, 6.07) is 1.16. The van der Waals surface area contributed by atoms with Gasteiger partial charge in [0.15, 0.2) is 0 Å². The average molecular weight is 305 g/mol. The van der Waals surface area contributed by atoms with Gasteiger partial charge in [-0.1, -0.05) is 11.8 Å². The van der Waals surface area contributed by atoms with Crippen molar-refractivity contribution in [2.24, 2.45) is 0 Å². The molecule has 1 aromatic rings. The van der Waals surface area contributed by atoms with E-state index in [1.54, 1.807) is 6.92 Å². The molecule has 0 saturated carbocycles. The molecule has 7 nitrogen and oxygen atoms in total. The van der Waals surface area contributed by atoms with Crippen LogP contribution in [0.2, 0.25) is 0 Å². The van der Waals surface area contributed by atoms with E-state index in [4.69, 9.17) is 4.74 Å². The fourth-order valence-electron chi connectivity index (χ4n) is 1.08. The van der Waals surface area contributed by atoms with Crippen molar-refractivity contribution in [1.82, 2.24) is 0 Å². The minimum atomic E-state index is -0.611. The summed E-state index contributed by atoms with van der Waals surface area (Å²) in [6.07, 6.45) is 0. The number of methoxy groups -OCH3 is 1. The van der Waals surface area contributed by atoms with Crippen molar-refractivity contribution < 1.29 is 24.0 Å². The maximum atomic E-state index is 11.5. The molecule has 0 aliphatic heterocycles. The molecule has 0 saturated heterocycles. The van der Waals surface area contributed by atoms with Crippen LogP contribution in [0.5, 0.6) is 0 Å². The van der Waals surface area contributed by atoms with E-state index in [0.717, 1.165) is 29.2 Å². The number of carbonyl (C=O) groups is 2. The third kappa shape index (κ3) is 4.21. The normalized spacial score (nSPS) is 10.0. The Bertz CT molecular complexity index is 498. The van der Waals surface area contributed by atoms with Crippen LogP contribution in [0.3, 0.4) is 0 Å². The minimum absolute atomic E-state index is 0.0554. The molecule has 0 fully saturated rings. The monoisotopic (exact) mass is 305 g/mol. The molecule has 1 heterocycles. The summed E-state index contributed by atoms with van der Waals surface area (Å²) in [4.78, 5) is 32.9. The number of thioether (sulfide) groups is 1. The maximum absolute atomic E-state index is 11.5. The van der Waals surface area contributed by atoms with Crippen molar-refractivity contribution in [1.29, 1.82) is 0 Å². The standard InChI is InChI=1S/C10H11NO6S2/c1-3-17-9(13)7-4-6(11(14)15)10(19-7)18-5-8(12)16-2/h4H,3,5H2,1-2H3. The van der Waals surface area contributed by atoms with Crippen LogP contribution in [0.25, 0.3) is 0 Å². The predicted molar refractivity (Wildman–Crippen MR) is 69.7 cm³/mol. The van der Waals surface area contributed by atoms with Crippen LogP contribution in [0.4, 0.5) is 5.69 Å². The Hall–Kier alpha value is -1.61. The van der Waals surface area contributed by atoms with E-state index in [1.807, 2.05) is 0 Å². The van der Waals surface area contributed by atoms with Crippen LogP contribution in [0.1, 0.15) is 16.6 Å². The van der Waals surface area contributed by atoms with Gasteiger partial charge in [-0.2, -0.15) is 0 Å². The molecular formula is C10H11NO6S2. The van der Waals surface area contributed by atoms with Crippen molar-refractivity contribution in [3.8, 4) is 0 Å². The van der Waals surface area contributed by atoms with Gasteiger partial charge in [-0.05, 0) is 6.92 Å². The van der Waals surface area contributed by atoms with Gasteiger partial charge >= 0.3 is 11.9 Å². The highest BCUT2D eigenvalue weighted by Gasteiger charge is 2.24. The minimum Gasteiger partial charge on any atom is -0.468 e. The van der Waals surface area contributed by atoms with Crippen LogP contribution >= 0.6 is 23.1 Å². The molecule has 1 aromatic heterocycles. The van der Waals surface area contributed by atoms with Crippen molar-refractivity contribution in [2.45, 2.75) is 11.1 Å². The lowest BCUT2D eigenvalue weighted by molar-refractivity contribution is -0.387. The van der Waals surface area contributed by atoms with Gasteiger partial charge in [-0.3, -0.25) is 14.9 Å². The summed E-state index contributed by atoms with van der Waals surface area (Å²) >= 11 is 1.89. The number of hydrogen-bond acceptors (Lipinski definition) is 8. The molecule has 19 heavy (non-hydrogen) atoms. The van der Waals surface area contributed by atoms with Gasteiger partial charge < -0.3 is 9.47 Å². The Morgan fingerprint density at radius 2 is 2.21 bits per heavy atom. The van der Waals surface area contributed by atoms with E-state index in [2.05, 4.69) is 4.74 Å². The number of esters is 2. The lowest BCUT2D eigenvalue weighted by atomic mass is 10.4. The highest BCUT2D eigenvalue weighted by molar-refractivity contribution is 8.01. The van der Waals surface area contributed by atoms with Crippen molar-refractivity contribution in [3.63, 3.8) is 0 Å². The Kier molecular flexibility index (Phi) is 5.77. The molecule has 0 radical (unpaired) electrons. The van der Waals surface area contributed by atoms with Gasteiger partial charge in [0.05, 0.1) is 24.4 Å². The second kappa shape index (κ2) is 7.10. The number of hydrogen-bond donors (Lipinski definition) is 0. The SMILES string of the molecule is CCOC(=O)c1cc([N+](=O)[O-])c(SCC(=O)OC)s1. The van der Waals surface area contributed by atoms with Crippen LogP contribution in [0.15, 0.2) is 10.3 Å². The van der Waals surface area contributed by atoms with Gasteiger partial charge in [-0.25, -0.2) is 4.79 Å². The maximum Gasteiger partial charge on any atom is 0.348 e. The molecule has 0 N–H and O–H groups in total. The molecule has 9 heteroatoms. The summed E-state index contributed by atoms with van der Waals surface area (Å²) in [5.41, 5.74) is -0.207. The lowest BCUT2D eigenvalue weighted by Crippen LogP contribution is -2.02. The van der Waals surface area contributed by atoms with E-state index in [0.29, 0.717) is 0 Å². The molecule has 0 unspecified atom stereocenters. The summed E-state index contributed by atoms with van der Waals surface area (Å²) in [6.45, 7) is 1.84. The Morgan fingerprint density at radius 1 is 1.53 bits per heavy atom. The first-order chi connectivity index (χ1) is 8.99. The highest BCUT2D eigenvalue weighted by atomic mass is 32.2. The third-order valence-electron chi connectivity index (χ3n) is 1.90. The second-order valence-electron chi connectivity index (χ2n) is 3.13. The van der Waals surface area contributed by atoms with E-state index in [9.17, 15) is 19.7 Å². The summed E-state index contributed by atoms with van der Waals surface area (Å²) in [5, 5.41) is 10.9. The number of ether oxygens (including phenoxy) is 2. The van der Waals surface area contributed by atoms with E-state index in [-0.39, 0.29) is 27.1 Å². The quantitative estimate of drug-likeness (QED) is 0.343. The van der Waals surface area contributed by atoms with E-state index < -0.39 is 16.9 Å². The van der Waals surface area contributed by atoms with Crippen LogP contribution < -0.4 is 0 Å². The molecule has 0 bridgehead atoms. The molecule has 0 atom stereocenters. The molecule has 0 aromatic carbocycles. The highest BCUT2D eigenvalue weighted by Crippen LogP contribution is 2.37. The topological polar surface area (TPSA) is 95.7 Å². The first-order valence-electron chi connectivity index (χ1n) is 5.14. The van der Waals surface area contributed by atoms with Crippen LogP contribution in [-0.2, 0) is 14.3 Å². The zero-order valence-corrected chi connectivity index (χ0v) is 11.8. The molecule has 0 amide bonds. The van der Waals surface area contributed by atoms with Gasteiger partial charge in [0.25, 0.3) is 5.69 Å². The number of carbonyl (C=O) groups excluding carboxylic acids is 2. The Morgan fingerprint density at radius 3 is 2.74 bits per heavy atom. The smallest absolute Gasteiger partial charge is 0.348 e. The predicted octanol–water partition coefficient (Wildman–Crippen LogP) is 2.10. The third-order valence-corrected chi connectivity index (χ3v) is 4.26. The molecule has 0 aliphatic rings. The molecule has 0 spiro atoms. The van der Waals surface area contributed by atoms with E-state index in [1.165, 1.54) is 7.11 Å². The summed E-state index contributed by atoms with van der Waals surface area (Å²) in [7, 11) is 1.23. The zero-order chi connectivity index (χ0) is 14.4. The average Bonchev–Trinajstić information content (AvgIpc) is 2.80. The van der Waals surface area contributed by atoms with Gasteiger partial charge in [0, 0.05) is 6.07 Å². The fraction of sp³-hybridized carbons (Fsp3) is 0.400. The van der Waals surface area contributed by atoms with Crippen molar-refractivity contribution in [3.05, 3.63) is 21.1 Å². The number of nitrogens with zero attached hydrogens (tertiary/aromatic N) is 1. The summed E-state index contributed by atoms with van der Waals surface area (Å²) < 4.78 is 9.50. The first kappa shape index (κ1) is 15.4. The molecular weight excluding hydrogens is 294 g/mol. The molecule has 104 valence electrons. The fourth-order valence-corrected chi connectivity index (χ4v) is 3.16. The zero-order valence-electron chi connectivity index (χ0n) is 10.2. The number of thiophene rings is 1. The first-order valence-corrected chi connectivity index (χ1v) is 6.94. The van der Waals surface area contributed by atoms with Gasteiger partial charge in [0.1, 0.15) is 9.09 Å². The van der Waals surface area contributed by atoms with E-state index >= 15 is 0 Å². The van der Waals surface area contributed by atoms with Gasteiger partial charge in [0.2, 0.25) is 0 Å². The largest absolute Gasteiger partial charge is 0.468 e. The van der Waals surface area contributed by atoms with Crippen LogP contribution in [-0.4, -0.2) is 36.3 Å². The number of nitro groups is 1. The number of rotatable bonds is 6. The Balaban J connectivity index is 2.92. The van der Waals surface area contributed by atoms with Gasteiger partial charge in [-0.15, -0.1) is 11.3 Å². The molecule has 0 aliphatic carbocycles. The Labute approximate surface area is 117 Å². The van der Waals surface area contributed by atoms with Crippen molar-refractivity contribution in [2.75, 3.05) is 19.5 Å². The molecule has 1 rings (SSSR count). The van der Waals surface area contributed by atoms with Crippen molar-refractivity contribution >= 4 is 40.7 Å². The summed E-state index contributed by atoms with van der Waals surface area (Å²) in [5.74, 6) is -1.16. The lowest BCUT2D eigenvalue weighted by Gasteiger charge is -1.97. The second-order valence-corrected chi connectivity index (χ2v) is 5.42.